The number of hydrogen-bond acceptors (Lipinski definition) is 9. The van der Waals surface area contributed by atoms with Gasteiger partial charge >= 0.3 is 0 Å². The molecule has 0 amide bonds. The number of fused-ring (bicyclic) bond motifs is 1. The number of nitrogens with one attached hydrogen (secondary N) is 1. The molecule has 0 bridgehead atoms. The number of rotatable bonds is 4. The first-order chi connectivity index (χ1) is 14.7. The Morgan fingerprint density at radius 2 is 1.93 bits per heavy atom. The zero-order valence-corrected chi connectivity index (χ0v) is 17.9. The normalized spacial score (nSPS) is 19.0. The van der Waals surface area contributed by atoms with Crippen molar-refractivity contribution in [3.05, 3.63) is 23.9 Å². The second-order valence-electron chi connectivity index (χ2n) is 6.99. The summed E-state index contributed by atoms with van der Waals surface area (Å²) in [6.45, 7) is 3.85. The average Bonchev–Trinajstić information content (AvgIpc) is 3.25. The minimum atomic E-state index is -0.644. The van der Waals surface area contributed by atoms with Gasteiger partial charge in [-0.15, -0.1) is 0 Å². The van der Waals surface area contributed by atoms with Crippen molar-refractivity contribution < 1.29 is 9.47 Å². The van der Waals surface area contributed by atoms with E-state index >= 15 is 0 Å². The van der Waals surface area contributed by atoms with E-state index in [9.17, 15) is 5.26 Å². The maximum absolute atomic E-state index is 10.1. The predicted octanol–water partition coefficient (Wildman–Crippen LogP) is 1.79. The zero-order valence-electron chi connectivity index (χ0n) is 17.0. The number of morpholine rings is 1. The van der Waals surface area contributed by atoms with E-state index in [-0.39, 0.29) is 0 Å². The third-order valence-electron chi connectivity index (χ3n) is 5.44. The average molecular weight is 430 g/mol. The molecule has 0 unspecified atom stereocenters. The Morgan fingerprint density at radius 1 is 1.27 bits per heavy atom. The Balaban J connectivity index is 0.00000124. The molecule has 0 saturated carbocycles. The number of nitriles is 1. The summed E-state index contributed by atoms with van der Waals surface area (Å²) < 4.78 is 12.5. The van der Waals surface area contributed by atoms with Crippen LogP contribution in [0.1, 0.15) is 18.4 Å². The van der Waals surface area contributed by atoms with Gasteiger partial charge < -0.3 is 25.5 Å². The third-order valence-corrected chi connectivity index (χ3v) is 5.44. The van der Waals surface area contributed by atoms with Crippen LogP contribution in [-0.4, -0.2) is 66.8 Å². The number of nitrogens with two attached hydrogens (primary N) is 1. The van der Waals surface area contributed by atoms with Gasteiger partial charge in [-0.1, -0.05) is 0 Å². The van der Waals surface area contributed by atoms with E-state index in [1.807, 2.05) is 6.07 Å². The monoisotopic (exact) mass is 429 g/mol. The minimum absolute atomic E-state index is 0.306. The maximum Gasteiger partial charge on any atom is 0.167 e. The summed E-state index contributed by atoms with van der Waals surface area (Å²) in [7, 11) is 0. The summed E-state index contributed by atoms with van der Waals surface area (Å²) in [5.41, 5.74) is 6.95. The van der Waals surface area contributed by atoms with E-state index in [4.69, 9.17) is 25.6 Å². The summed E-state index contributed by atoms with van der Waals surface area (Å²) in [5.74, 6) is 1.09. The summed E-state index contributed by atoms with van der Waals surface area (Å²) in [5, 5.41) is 22.6. The number of hydrogen-bond donors (Lipinski definition) is 3. The lowest BCUT2D eigenvalue weighted by atomic mass is 9.74. The van der Waals surface area contributed by atoms with Gasteiger partial charge in [0.15, 0.2) is 5.65 Å². The standard InChI is InChI=1S/C19H23N7O2.CH4S/c20-4-1-16(22)26-18-14(12-23-26)15(19(13-21)2-7-27-8-3-19)11-17(24-18)25-5-9-28-10-6-25;1-2/h1,4,11-12,20H,2-3,5-10,22H2;2H,1H3/b16-1+,20-4?;. The first-order valence-electron chi connectivity index (χ1n) is 9.81. The third kappa shape index (κ3) is 4.14. The number of anilines is 1. The molecule has 4 rings (SSSR count). The number of ether oxygens (including phenoxy) is 2. The molecular formula is C20H27N7O2S. The van der Waals surface area contributed by atoms with Gasteiger partial charge in [0.05, 0.1) is 30.9 Å². The van der Waals surface area contributed by atoms with Crippen LogP contribution < -0.4 is 10.6 Å². The molecule has 0 spiro atoms. The van der Waals surface area contributed by atoms with Crippen LogP contribution in [0.15, 0.2) is 18.3 Å². The second-order valence-corrected chi connectivity index (χ2v) is 6.99. The molecule has 160 valence electrons. The number of thiol groups is 1. The molecular weight excluding hydrogens is 402 g/mol. The first kappa shape index (κ1) is 22.1. The zero-order chi connectivity index (χ0) is 21.6. The molecule has 2 aliphatic heterocycles. The highest BCUT2D eigenvalue weighted by atomic mass is 32.1. The molecule has 0 radical (unpaired) electrons. The lowest BCUT2D eigenvalue weighted by Gasteiger charge is -2.33. The lowest BCUT2D eigenvalue weighted by Crippen LogP contribution is -2.37. The van der Waals surface area contributed by atoms with Crippen LogP contribution in [0.25, 0.3) is 16.9 Å². The van der Waals surface area contributed by atoms with Gasteiger partial charge in [0.25, 0.3) is 0 Å². The molecule has 0 atom stereocenters. The van der Waals surface area contributed by atoms with Gasteiger partial charge in [0.1, 0.15) is 11.6 Å². The highest BCUT2D eigenvalue weighted by Gasteiger charge is 2.37. The van der Waals surface area contributed by atoms with Crippen molar-refractivity contribution in [2.75, 3.05) is 50.7 Å². The van der Waals surface area contributed by atoms with Crippen molar-refractivity contribution in [3.63, 3.8) is 0 Å². The summed E-state index contributed by atoms with van der Waals surface area (Å²) in [6, 6.07) is 4.57. The van der Waals surface area contributed by atoms with Crippen LogP contribution in [-0.2, 0) is 14.9 Å². The van der Waals surface area contributed by atoms with Crippen molar-refractivity contribution in [1.29, 1.82) is 10.7 Å². The molecule has 3 N–H and O–H groups in total. The molecule has 4 heterocycles. The number of aromatic nitrogens is 3. The summed E-state index contributed by atoms with van der Waals surface area (Å²) >= 11 is 3.53. The minimum Gasteiger partial charge on any atom is -0.384 e. The smallest absolute Gasteiger partial charge is 0.167 e. The quantitative estimate of drug-likeness (QED) is 0.500. The van der Waals surface area contributed by atoms with Gasteiger partial charge in [-0.2, -0.15) is 27.7 Å². The molecule has 2 fully saturated rings. The van der Waals surface area contributed by atoms with Crippen LogP contribution in [0.3, 0.4) is 0 Å². The lowest BCUT2D eigenvalue weighted by molar-refractivity contribution is 0.0679. The second kappa shape index (κ2) is 9.93. The van der Waals surface area contributed by atoms with E-state index in [0.29, 0.717) is 50.7 Å². The topological polar surface area (TPSA) is 126 Å². The van der Waals surface area contributed by atoms with Crippen molar-refractivity contribution in [3.8, 4) is 6.07 Å². The molecule has 2 aliphatic rings. The largest absolute Gasteiger partial charge is 0.384 e. The van der Waals surface area contributed by atoms with Crippen molar-refractivity contribution in [1.82, 2.24) is 14.8 Å². The number of pyridine rings is 1. The van der Waals surface area contributed by atoms with Gasteiger partial charge in [0, 0.05) is 37.9 Å². The van der Waals surface area contributed by atoms with E-state index in [1.165, 1.54) is 10.8 Å². The Labute approximate surface area is 181 Å². The van der Waals surface area contributed by atoms with Crippen LogP contribution in [0.2, 0.25) is 0 Å². The highest BCUT2D eigenvalue weighted by Crippen LogP contribution is 2.39. The fourth-order valence-electron chi connectivity index (χ4n) is 3.84. The molecule has 9 nitrogen and oxygen atoms in total. The first-order valence-corrected chi connectivity index (χ1v) is 10.7. The Hall–Kier alpha value is -2.61. The van der Waals surface area contributed by atoms with Crippen LogP contribution in [0.5, 0.6) is 0 Å². The molecule has 0 aliphatic carbocycles. The number of nitrogens with zero attached hydrogens (tertiary/aromatic N) is 5. The summed E-state index contributed by atoms with van der Waals surface area (Å²) in [6.07, 6.45) is 7.23. The molecule has 2 aromatic heterocycles. The van der Waals surface area contributed by atoms with Gasteiger partial charge in [-0.3, -0.25) is 0 Å². The van der Waals surface area contributed by atoms with E-state index in [0.717, 1.165) is 36.1 Å². The van der Waals surface area contributed by atoms with Gasteiger partial charge in [0.2, 0.25) is 0 Å². The predicted molar refractivity (Wildman–Crippen MR) is 120 cm³/mol. The molecule has 30 heavy (non-hydrogen) atoms. The van der Waals surface area contributed by atoms with Crippen LogP contribution >= 0.6 is 12.6 Å². The Morgan fingerprint density at radius 3 is 2.57 bits per heavy atom. The SMILES string of the molecule is CS.N#CC1(c2cc(N3CCOCC3)nc3c2cnn3/C(N)=C/C=N)CCOCC1. The van der Waals surface area contributed by atoms with Crippen LogP contribution in [0.4, 0.5) is 5.82 Å². The van der Waals surface area contributed by atoms with E-state index in [1.54, 1.807) is 12.5 Å². The van der Waals surface area contributed by atoms with Gasteiger partial charge in [-0.05, 0) is 36.8 Å². The number of allylic oxidation sites excluding steroid dienone is 1. The Bertz CT molecular complexity index is 954. The molecule has 2 aromatic rings. The fourth-order valence-corrected chi connectivity index (χ4v) is 3.84. The van der Waals surface area contributed by atoms with Crippen molar-refractivity contribution in [2.45, 2.75) is 18.3 Å². The van der Waals surface area contributed by atoms with Crippen molar-refractivity contribution >= 4 is 41.5 Å². The molecule has 10 heteroatoms. The highest BCUT2D eigenvalue weighted by molar-refractivity contribution is 7.79. The molecule has 0 aromatic carbocycles. The van der Waals surface area contributed by atoms with Crippen LogP contribution in [0, 0.1) is 16.7 Å². The summed E-state index contributed by atoms with van der Waals surface area (Å²) in [4.78, 5) is 6.97. The van der Waals surface area contributed by atoms with E-state index < -0.39 is 5.41 Å². The van der Waals surface area contributed by atoms with Crippen molar-refractivity contribution in [2.24, 2.45) is 5.73 Å². The maximum atomic E-state index is 10.1. The molecule has 2 saturated heterocycles. The van der Waals surface area contributed by atoms with Gasteiger partial charge in [-0.25, -0.2) is 4.98 Å². The fraction of sp³-hybridized carbons (Fsp3) is 0.500. The Kier molecular flexibility index (Phi) is 7.31. The van der Waals surface area contributed by atoms with E-state index in [2.05, 4.69) is 28.7 Å².